The van der Waals surface area contributed by atoms with Gasteiger partial charge in [-0.15, -0.1) is 0 Å². The number of nitrogens with zero attached hydrogens (tertiary/aromatic N) is 1. The van der Waals surface area contributed by atoms with Gasteiger partial charge in [-0.3, -0.25) is 4.79 Å². The Balaban J connectivity index is 1.96. The molecule has 1 saturated carbocycles. The van der Waals surface area contributed by atoms with Crippen molar-refractivity contribution in [1.82, 2.24) is 9.62 Å². The second-order valence-electron chi connectivity index (χ2n) is 6.92. The summed E-state index contributed by atoms with van der Waals surface area (Å²) >= 11 is 0. The zero-order valence-electron chi connectivity index (χ0n) is 13.2. The molecule has 21 heavy (non-hydrogen) atoms. The molecule has 0 aromatic carbocycles. The largest absolute Gasteiger partial charge is 0.351 e. The highest BCUT2D eigenvalue weighted by Gasteiger charge is 2.34. The van der Waals surface area contributed by atoms with E-state index in [0.717, 1.165) is 38.5 Å². The summed E-state index contributed by atoms with van der Waals surface area (Å²) in [5.74, 6) is -0.165. The van der Waals surface area contributed by atoms with E-state index in [0.29, 0.717) is 13.1 Å². The minimum absolute atomic E-state index is 0.0350. The van der Waals surface area contributed by atoms with Gasteiger partial charge in [0.2, 0.25) is 15.9 Å². The molecule has 122 valence electrons. The first-order valence-corrected chi connectivity index (χ1v) is 9.92. The highest BCUT2D eigenvalue weighted by atomic mass is 32.2. The third-order valence-corrected chi connectivity index (χ3v) is 6.13. The van der Waals surface area contributed by atoms with Crippen molar-refractivity contribution in [2.24, 2.45) is 5.92 Å². The van der Waals surface area contributed by atoms with Crippen LogP contribution in [0.5, 0.6) is 0 Å². The van der Waals surface area contributed by atoms with E-state index in [9.17, 15) is 13.2 Å². The van der Waals surface area contributed by atoms with Crippen molar-refractivity contribution in [2.75, 3.05) is 19.3 Å². The molecule has 0 aromatic heterocycles. The predicted molar refractivity (Wildman–Crippen MR) is 83.4 cm³/mol. The molecule has 1 saturated heterocycles. The van der Waals surface area contributed by atoms with Crippen molar-refractivity contribution in [3.05, 3.63) is 0 Å². The van der Waals surface area contributed by atoms with Gasteiger partial charge in [0.05, 0.1) is 12.2 Å². The SMILES string of the molecule is CC1(NC(=O)C2CCCN(S(C)(=O)=O)C2)CCCCCC1. The van der Waals surface area contributed by atoms with Gasteiger partial charge in [-0.25, -0.2) is 12.7 Å². The lowest BCUT2D eigenvalue weighted by atomic mass is 9.90. The molecule has 1 aliphatic carbocycles. The Kier molecular flexibility index (Phi) is 5.30. The molecule has 2 fully saturated rings. The first-order valence-electron chi connectivity index (χ1n) is 8.07. The van der Waals surface area contributed by atoms with Crippen LogP contribution >= 0.6 is 0 Å². The first kappa shape index (κ1) is 16.7. The summed E-state index contributed by atoms with van der Waals surface area (Å²) in [5.41, 5.74) is -0.110. The van der Waals surface area contributed by atoms with Gasteiger partial charge in [0.25, 0.3) is 0 Å². The van der Waals surface area contributed by atoms with Crippen molar-refractivity contribution < 1.29 is 13.2 Å². The molecule has 2 aliphatic rings. The molecule has 2 rings (SSSR count). The minimum atomic E-state index is -3.19. The smallest absolute Gasteiger partial charge is 0.224 e. The third kappa shape index (κ3) is 4.68. The Morgan fingerprint density at radius 3 is 2.33 bits per heavy atom. The summed E-state index contributed by atoms with van der Waals surface area (Å²) in [4.78, 5) is 12.5. The first-order chi connectivity index (χ1) is 9.80. The summed E-state index contributed by atoms with van der Waals surface area (Å²) in [6, 6.07) is 0. The predicted octanol–water partition coefficient (Wildman–Crippen LogP) is 1.89. The summed E-state index contributed by atoms with van der Waals surface area (Å²) in [6.45, 7) is 3.01. The maximum absolute atomic E-state index is 12.5. The topological polar surface area (TPSA) is 66.5 Å². The maximum atomic E-state index is 12.5. The van der Waals surface area contributed by atoms with E-state index in [2.05, 4.69) is 12.2 Å². The normalized spacial score (nSPS) is 27.8. The Morgan fingerprint density at radius 2 is 1.76 bits per heavy atom. The zero-order chi connectivity index (χ0) is 15.5. The molecule has 1 unspecified atom stereocenters. The highest BCUT2D eigenvalue weighted by Crippen LogP contribution is 2.28. The van der Waals surface area contributed by atoms with E-state index in [4.69, 9.17) is 0 Å². The second-order valence-corrected chi connectivity index (χ2v) is 8.91. The molecule has 6 heteroatoms. The summed E-state index contributed by atoms with van der Waals surface area (Å²) < 4.78 is 24.7. The van der Waals surface area contributed by atoms with Crippen molar-refractivity contribution >= 4 is 15.9 Å². The molecular weight excluding hydrogens is 288 g/mol. The van der Waals surface area contributed by atoms with Gasteiger partial charge < -0.3 is 5.32 Å². The van der Waals surface area contributed by atoms with Crippen LogP contribution in [0.15, 0.2) is 0 Å². The maximum Gasteiger partial charge on any atom is 0.224 e. The molecule has 1 aliphatic heterocycles. The molecular formula is C15H28N2O3S. The van der Waals surface area contributed by atoms with Crippen molar-refractivity contribution in [1.29, 1.82) is 0 Å². The average Bonchev–Trinajstić information content (AvgIpc) is 2.63. The number of nitrogens with one attached hydrogen (secondary N) is 1. The van der Waals surface area contributed by atoms with Crippen LogP contribution in [-0.4, -0.2) is 43.5 Å². The molecule has 0 aromatic rings. The summed E-state index contributed by atoms with van der Waals surface area (Å²) in [6.07, 6.45) is 9.65. The lowest BCUT2D eigenvalue weighted by molar-refractivity contribution is -0.128. The Labute approximate surface area is 128 Å². The molecule has 1 amide bonds. The van der Waals surface area contributed by atoms with Gasteiger partial charge in [-0.1, -0.05) is 25.7 Å². The van der Waals surface area contributed by atoms with Crippen LogP contribution in [0.25, 0.3) is 0 Å². The van der Waals surface area contributed by atoms with Crippen molar-refractivity contribution in [3.8, 4) is 0 Å². The Hall–Kier alpha value is -0.620. The van der Waals surface area contributed by atoms with E-state index >= 15 is 0 Å². The average molecular weight is 316 g/mol. The Morgan fingerprint density at radius 1 is 1.14 bits per heavy atom. The van der Waals surface area contributed by atoms with Crippen LogP contribution in [0.1, 0.15) is 58.3 Å². The lowest BCUT2D eigenvalue weighted by Crippen LogP contribution is -2.51. The number of rotatable bonds is 3. The van der Waals surface area contributed by atoms with Crippen LogP contribution in [0, 0.1) is 5.92 Å². The summed E-state index contributed by atoms with van der Waals surface area (Å²) in [7, 11) is -3.19. The number of hydrogen-bond donors (Lipinski definition) is 1. The van der Waals surface area contributed by atoms with E-state index in [1.54, 1.807) is 0 Å². The number of amides is 1. The zero-order valence-corrected chi connectivity index (χ0v) is 14.0. The molecule has 1 heterocycles. The molecule has 0 spiro atoms. The van der Waals surface area contributed by atoms with Gasteiger partial charge in [0, 0.05) is 18.6 Å². The van der Waals surface area contributed by atoms with E-state index in [1.807, 2.05) is 0 Å². The molecule has 0 radical (unpaired) electrons. The minimum Gasteiger partial charge on any atom is -0.351 e. The van der Waals surface area contributed by atoms with Gasteiger partial charge in [0.15, 0.2) is 0 Å². The highest BCUT2D eigenvalue weighted by molar-refractivity contribution is 7.88. The van der Waals surface area contributed by atoms with Gasteiger partial charge >= 0.3 is 0 Å². The number of carbonyl (C=O) groups is 1. The van der Waals surface area contributed by atoms with E-state index < -0.39 is 10.0 Å². The van der Waals surface area contributed by atoms with E-state index in [1.165, 1.54) is 23.4 Å². The van der Waals surface area contributed by atoms with Gasteiger partial charge in [-0.05, 0) is 32.6 Å². The number of sulfonamides is 1. The quantitative estimate of drug-likeness (QED) is 0.809. The third-order valence-electron chi connectivity index (χ3n) is 4.86. The second kappa shape index (κ2) is 6.65. The molecule has 0 bridgehead atoms. The van der Waals surface area contributed by atoms with Crippen LogP contribution < -0.4 is 5.32 Å². The molecule has 1 N–H and O–H groups in total. The van der Waals surface area contributed by atoms with Crippen molar-refractivity contribution in [2.45, 2.75) is 63.8 Å². The van der Waals surface area contributed by atoms with Gasteiger partial charge in [-0.2, -0.15) is 0 Å². The van der Waals surface area contributed by atoms with Crippen LogP contribution in [-0.2, 0) is 14.8 Å². The molecule has 5 nitrogen and oxygen atoms in total. The fourth-order valence-electron chi connectivity index (χ4n) is 3.49. The Bertz CT molecular complexity index is 467. The molecule has 1 atom stereocenters. The van der Waals surface area contributed by atoms with Crippen LogP contribution in [0.2, 0.25) is 0 Å². The lowest BCUT2D eigenvalue weighted by Gasteiger charge is -2.35. The van der Waals surface area contributed by atoms with E-state index in [-0.39, 0.29) is 17.4 Å². The standard InChI is InChI=1S/C15H28N2O3S/c1-15(9-5-3-4-6-10-15)16-14(18)13-8-7-11-17(12-13)21(2,19)20/h13H,3-12H2,1-2H3,(H,16,18). The monoisotopic (exact) mass is 316 g/mol. The van der Waals surface area contributed by atoms with Crippen molar-refractivity contribution in [3.63, 3.8) is 0 Å². The number of piperidine rings is 1. The number of hydrogen-bond acceptors (Lipinski definition) is 3. The van der Waals surface area contributed by atoms with Crippen LogP contribution in [0.4, 0.5) is 0 Å². The van der Waals surface area contributed by atoms with Crippen LogP contribution in [0.3, 0.4) is 0 Å². The fourth-order valence-corrected chi connectivity index (χ4v) is 4.40. The van der Waals surface area contributed by atoms with Gasteiger partial charge in [0.1, 0.15) is 0 Å². The number of carbonyl (C=O) groups excluding carboxylic acids is 1. The fraction of sp³-hybridized carbons (Fsp3) is 0.933. The summed E-state index contributed by atoms with van der Waals surface area (Å²) in [5, 5.41) is 3.22.